The zero-order chi connectivity index (χ0) is 23.6. The van der Waals surface area contributed by atoms with Crippen molar-refractivity contribution >= 4 is 16.7 Å². The molecule has 0 aliphatic carbocycles. The largest absolute Gasteiger partial charge is 0.481 e. The molecule has 2 N–H and O–H groups in total. The van der Waals surface area contributed by atoms with E-state index in [-0.39, 0.29) is 12.0 Å². The van der Waals surface area contributed by atoms with E-state index in [2.05, 4.69) is 51.2 Å². The summed E-state index contributed by atoms with van der Waals surface area (Å²) in [5.41, 5.74) is 2.61. The van der Waals surface area contributed by atoms with E-state index in [1.807, 2.05) is 64.1 Å². The Morgan fingerprint density at radius 2 is 1.76 bits per heavy atom. The van der Waals surface area contributed by atoms with Gasteiger partial charge in [0.15, 0.2) is 5.82 Å². The molecule has 0 amide bonds. The maximum Gasteiger partial charge on any atom is 0.305 e. The van der Waals surface area contributed by atoms with Crippen molar-refractivity contribution in [1.82, 2.24) is 25.5 Å². The number of rotatable bonds is 7. The number of hydrogen-bond acceptors (Lipinski definition) is 5. The Morgan fingerprint density at radius 1 is 1.00 bits per heavy atom. The van der Waals surface area contributed by atoms with Gasteiger partial charge in [-0.2, -0.15) is 0 Å². The molecule has 0 aliphatic heterocycles. The molecule has 0 bridgehead atoms. The van der Waals surface area contributed by atoms with Crippen molar-refractivity contribution in [3.05, 3.63) is 89.2 Å². The van der Waals surface area contributed by atoms with Crippen molar-refractivity contribution in [2.45, 2.75) is 51.7 Å². The van der Waals surface area contributed by atoms with Crippen LogP contribution in [0, 0.1) is 6.92 Å². The van der Waals surface area contributed by atoms with Crippen LogP contribution < -0.4 is 5.32 Å². The summed E-state index contributed by atoms with van der Waals surface area (Å²) in [5, 5.41) is 28.1. The van der Waals surface area contributed by atoms with Gasteiger partial charge in [-0.05, 0) is 66.1 Å². The summed E-state index contributed by atoms with van der Waals surface area (Å²) in [6.45, 7) is 8.13. The number of hydrogen-bond donors (Lipinski definition) is 2. The van der Waals surface area contributed by atoms with Crippen LogP contribution in [0.5, 0.6) is 0 Å². The van der Waals surface area contributed by atoms with Crippen LogP contribution in [0.1, 0.15) is 61.8 Å². The first kappa shape index (κ1) is 22.6. The Morgan fingerprint density at radius 3 is 2.45 bits per heavy atom. The molecule has 7 nitrogen and oxygen atoms in total. The van der Waals surface area contributed by atoms with Crippen molar-refractivity contribution in [2.24, 2.45) is 0 Å². The van der Waals surface area contributed by atoms with Crippen LogP contribution >= 0.6 is 0 Å². The molecule has 0 radical (unpaired) electrons. The third-order valence-corrected chi connectivity index (χ3v) is 5.69. The molecule has 2 unspecified atom stereocenters. The Bertz CT molecular complexity index is 1270. The molecule has 2 atom stereocenters. The maximum atomic E-state index is 11.8. The number of nitrogens with zero attached hydrogens (tertiary/aromatic N) is 4. The highest BCUT2D eigenvalue weighted by Crippen LogP contribution is 2.30. The van der Waals surface area contributed by atoms with Gasteiger partial charge in [0.2, 0.25) is 0 Å². The minimum Gasteiger partial charge on any atom is -0.481 e. The van der Waals surface area contributed by atoms with Crippen molar-refractivity contribution in [3.8, 4) is 0 Å². The fraction of sp³-hybridized carbons (Fsp3) is 0.308. The molecule has 0 aliphatic rings. The minimum absolute atomic E-state index is 0.0649. The molecule has 170 valence electrons. The second kappa shape index (κ2) is 9.11. The van der Waals surface area contributed by atoms with Crippen molar-refractivity contribution in [2.75, 3.05) is 0 Å². The van der Waals surface area contributed by atoms with E-state index in [0.29, 0.717) is 5.82 Å². The van der Waals surface area contributed by atoms with E-state index >= 15 is 0 Å². The fourth-order valence-electron chi connectivity index (χ4n) is 4.09. The molecule has 1 heterocycles. The highest BCUT2D eigenvalue weighted by Gasteiger charge is 2.30. The van der Waals surface area contributed by atoms with Gasteiger partial charge in [0.05, 0.1) is 18.0 Å². The molecule has 3 aromatic carbocycles. The van der Waals surface area contributed by atoms with Crippen LogP contribution in [-0.2, 0) is 10.3 Å². The Labute approximate surface area is 193 Å². The lowest BCUT2D eigenvalue weighted by atomic mass is 9.96. The standard InChI is InChI=1S/C26H29N5O2/c1-17-8-7-11-20(14-17)22(16-23(32)33)27-24(25-28-29-30-31(25)26(2,3)4)21-13-12-18-9-5-6-10-19(18)15-21/h5-15,22,24,27H,16H2,1-4H3,(H,32,33). The van der Waals surface area contributed by atoms with Gasteiger partial charge in [0, 0.05) is 6.04 Å². The van der Waals surface area contributed by atoms with Gasteiger partial charge in [-0.1, -0.05) is 66.2 Å². The van der Waals surface area contributed by atoms with Crippen LogP contribution in [0.3, 0.4) is 0 Å². The SMILES string of the molecule is Cc1cccc(C(CC(=O)O)NC(c2ccc3ccccc3c2)c2nnnn2C(C)(C)C)c1. The maximum absolute atomic E-state index is 11.8. The van der Waals surface area contributed by atoms with Crippen LogP contribution in [0.2, 0.25) is 0 Å². The molecule has 0 spiro atoms. The zero-order valence-electron chi connectivity index (χ0n) is 19.4. The van der Waals surface area contributed by atoms with Crippen molar-refractivity contribution in [1.29, 1.82) is 0 Å². The van der Waals surface area contributed by atoms with Crippen LogP contribution in [-0.4, -0.2) is 31.3 Å². The van der Waals surface area contributed by atoms with E-state index in [4.69, 9.17) is 0 Å². The predicted octanol–water partition coefficient (Wildman–Crippen LogP) is 4.78. The summed E-state index contributed by atoms with van der Waals surface area (Å²) in [5.74, 6) is -0.234. The molecule has 0 saturated heterocycles. The lowest BCUT2D eigenvalue weighted by Gasteiger charge is -2.28. The molecular formula is C26H29N5O2. The number of carboxylic acids is 1. The molecule has 0 fully saturated rings. The topological polar surface area (TPSA) is 92.9 Å². The Balaban J connectivity index is 1.84. The van der Waals surface area contributed by atoms with Gasteiger partial charge in [0.1, 0.15) is 0 Å². The molecule has 1 aromatic heterocycles. The predicted molar refractivity (Wildman–Crippen MR) is 128 cm³/mol. The molecule has 33 heavy (non-hydrogen) atoms. The van der Waals surface area contributed by atoms with E-state index in [0.717, 1.165) is 27.5 Å². The molecule has 4 aromatic rings. The number of nitrogens with one attached hydrogen (secondary N) is 1. The quantitative estimate of drug-likeness (QED) is 0.427. The first-order chi connectivity index (χ1) is 15.7. The lowest BCUT2D eigenvalue weighted by Crippen LogP contribution is -2.34. The summed E-state index contributed by atoms with van der Waals surface area (Å²) in [4.78, 5) is 11.8. The number of aliphatic carboxylic acids is 1. The zero-order valence-corrected chi connectivity index (χ0v) is 19.4. The Kier molecular flexibility index (Phi) is 6.24. The van der Waals surface area contributed by atoms with Gasteiger partial charge in [-0.3, -0.25) is 10.1 Å². The number of carboxylic acid groups (broad SMARTS) is 1. The minimum atomic E-state index is -0.873. The molecule has 0 saturated carbocycles. The average molecular weight is 444 g/mol. The molecular weight excluding hydrogens is 414 g/mol. The number of benzene rings is 3. The summed E-state index contributed by atoms with van der Waals surface area (Å²) in [6, 6.07) is 21.5. The van der Waals surface area contributed by atoms with Gasteiger partial charge >= 0.3 is 5.97 Å². The third-order valence-electron chi connectivity index (χ3n) is 5.69. The van der Waals surface area contributed by atoms with Crippen molar-refractivity contribution < 1.29 is 9.90 Å². The number of carbonyl (C=O) groups is 1. The smallest absolute Gasteiger partial charge is 0.305 e. The summed E-state index contributed by atoms with van der Waals surface area (Å²) in [6.07, 6.45) is -0.0649. The summed E-state index contributed by atoms with van der Waals surface area (Å²) >= 11 is 0. The second-order valence-corrected chi connectivity index (χ2v) is 9.39. The Hall–Kier alpha value is -3.58. The van der Waals surface area contributed by atoms with Gasteiger partial charge < -0.3 is 5.11 Å². The average Bonchev–Trinajstić information content (AvgIpc) is 3.26. The highest BCUT2D eigenvalue weighted by atomic mass is 16.4. The van der Waals surface area contributed by atoms with E-state index in [1.54, 1.807) is 4.68 Å². The van der Waals surface area contributed by atoms with Crippen LogP contribution in [0.15, 0.2) is 66.7 Å². The van der Waals surface area contributed by atoms with Gasteiger partial charge in [0.25, 0.3) is 0 Å². The first-order valence-corrected chi connectivity index (χ1v) is 11.0. The number of aryl methyl sites for hydroxylation is 1. The molecule has 4 rings (SSSR count). The monoisotopic (exact) mass is 443 g/mol. The second-order valence-electron chi connectivity index (χ2n) is 9.39. The van der Waals surface area contributed by atoms with Gasteiger partial charge in [-0.15, -0.1) is 5.10 Å². The molecule has 7 heteroatoms. The van der Waals surface area contributed by atoms with Crippen LogP contribution in [0.4, 0.5) is 0 Å². The van der Waals surface area contributed by atoms with E-state index in [1.165, 1.54) is 0 Å². The van der Waals surface area contributed by atoms with Crippen molar-refractivity contribution in [3.63, 3.8) is 0 Å². The highest BCUT2D eigenvalue weighted by molar-refractivity contribution is 5.83. The number of tetrazole rings is 1. The third kappa shape index (κ3) is 5.09. The summed E-state index contributed by atoms with van der Waals surface area (Å²) in [7, 11) is 0. The van der Waals surface area contributed by atoms with E-state index < -0.39 is 18.1 Å². The number of fused-ring (bicyclic) bond motifs is 1. The normalized spacial score (nSPS) is 13.7. The lowest BCUT2D eigenvalue weighted by molar-refractivity contribution is -0.137. The van der Waals surface area contributed by atoms with Gasteiger partial charge in [-0.25, -0.2) is 4.68 Å². The fourth-order valence-corrected chi connectivity index (χ4v) is 4.09. The van der Waals surface area contributed by atoms with Crippen LogP contribution in [0.25, 0.3) is 10.8 Å². The number of aromatic nitrogens is 4. The van der Waals surface area contributed by atoms with E-state index in [9.17, 15) is 9.90 Å². The summed E-state index contributed by atoms with van der Waals surface area (Å²) < 4.78 is 1.80. The first-order valence-electron chi connectivity index (χ1n) is 11.0.